The molecule has 32 heavy (non-hydrogen) atoms. The fourth-order valence-electron chi connectivity index (χ4n) is 3.11. The lowest BCUT2D eigenvalue weighted by Crippen LogP contribution is -2.45. The van der Waals surface area contributed by atoms with Gasteiger partial charge < -0.3 is 30.5 Å². The number of aliphatic hydroxyl groups excluding tert-OH is 2. The second-order valence-electron chi connectivity index (χ2n) is 6.56. The molecule has 3 unspecified atom stereocenters. The van der Waals surface area contributed by atoms with Gasteiger partial charge in [-0.25, -0.2) is 28.5 Å². The van der Waals surface area contributed by atoms with Crippen LogP contribution in [-0.2, 0) is 48.7 Å². The Morgan fingerprint density at radius 1 is 1.12 bits per heavy atom. The summed E-state index contributed by atoms with van der Waals surface area (Å²) in [5, 5.41) is 22.0. The second kappa shape index (κ2) is 8.11. The van der Waals surface area contributed by atoms with E-state index in [1.807, 2.05) is 0 Å². The minimum absolute atomic E-state index is 0.0951. The molecule has 0 radical (unpaired) electrons. The van der Waals surface area contributed by atoms with E-state index in [0.29, 0.717) is 5.69 Å². The van der Waals surface area contributed by atoms with E-state index in [4.69, 9.17) is 20.2 Å². The van der Waals surface area contributed by atoms with Crippen LogP contribution in [0, 0.1) is 0 Å². The van der Waals surface area contributed by atoms with E-state index >= 15 is 0 Å². The molecule has 7 N–H and O–H groups in total. The van der Waals surface area contributed by atoms with Crippen LogP contribution in [0.4, 0.5) is 17.3 Å². The van der Waals surface area contributed by atoms with Gasteiger partial charge in [0.15, 0.2) is 23.6 Å². The number of ether oxygens (including phenoxy) is 1. The maximum Gasteiger partial charge on any atom is 0.542 e. The minimum atomic E-state index is -5.51. The summed E-state index contributed by atoms with van der Waals surface area (Å²) in [6.07, 6.45) is -5.49. The lowest BCUT2D eigenvalue weighted by molar-refractivity contribution is -0.0243. The van der Waals surface area contributed by atoms with Crippen LogP contribution < -0.4 is 15.7 Å². The standard InChI is InChI=1S/C10H16N5O13P3S/c11-7-4-8(13-2-12-7)14(10-15(4)26-10)9-6(17)5(16)3(25-9)1-24-29(18,19)27-30(20,21)28-31(22,23)32/h2-3,5-6,9-10,16-17H,1H2,(H,18,19)(H,20,21)(H2,11,12,13)(H2,22,23,32)/p+1/t3-,5-,6-,9-,10+,15?/m1/s1. The number of rotatable bonds is 8. The average Bonchev–Trinajstić information content (AvgIpc) is 3.25. The van der Waals surface area contributed by atoms with Crippen molar-refractivity contribution in [3.05, 3.63) is 6.33 Å². The topological polar surface area (TPSA) is 260 Å². The van der Waals surface area contributed by atoms with Crippen molar-refractivity contribution in [1.82, 2.24) is 9.97 Å². The monoisotopic (exact) mass is 540 g/mol. The van der Waals surface area contributed by atoms with Crippen molar-refractivity contribution in [2.24, 2.45) is 0 Å². The number of aliphatic hydroxyl groups is 2. The van der Waals surface area contributed by atoms with Crippen LogP contribution in [0.5, 0.6) is 0 Å². The maximum atomic E-state index is 11.9. The summed E-state index contributed by atoms with van der Waals surface area (Å²) in [7, 11) is -10.9. The van der Waals surface area contributed by atoms with Gasteiger partial charge in [0, 0.05) is 0 Å². The van der Waals surface area contributed by atoms with Crippen molar-refractivity contribution in [2.45, 2.75) is 30.9 Å². The van der Waals surface area contributed by atoms with Gasteiger partial charge in [-0.15, -0.1) is 0 Å². The second-order valence-corrected chi connectivity index (χ2v) is 12.7. The minimum Gasteiger partial charge on any atom is -0.387 e. The molecular formula is C10H17N5O13P3S+. The number of phosphoric ester groups is 1. The molecule has 1 aromatic heterocycles. The van der Waals surface area contributed by atoms with Crippen LogP contribution in [-0.4, -0.2) is 72.4 Å². The summed E-state index contributed by atoms with van der Waals surface area (Å²) in [4.78, 5) is 42.2. The number of fused-ring (bicyclic) bond motifs is 3. The number of phosphoric acid groups is 2. The summed E-state index contributed by atoms with van der Waals surface area (Å²) < 4.78 is 52.1. The third kappa shape index (κ3) is 4.82. The molecule has 4 heterocycles. The highest BCUT2D eigenvalue weighted by Gasteiger charge is 2.60. The van der Waals surface area contributed by atoms with Crippen molar-refractivity contribution >= 4 is 52.0 Å². The molecule has 3 aliphatic heterocycles. The van der Waals surface area contributed by atoms with Crippen molar-refractivity contribution in [1.29, 1.82) is 0 Å². The highest BCUT2D eigenvalue weighted by atomic mass is 32.7. The molecule has 0 saturated carbocycles. The molecule has 8 atom stereocenters. The molecule has 0 spiro atoms. The predicted molar refractivity (Wildman–Crippen MR) is 105 cm³/mol. The van der Waals surface area contributed by atoms with Gasteiger partial charge in [0.2, 0.25) is 0 Å². The molecule has 3 aliphatic rings. The molecule has 2 saturated heterocycles. The van der Waals surface area contributed by atoms with E-state index in [1.54, 1.807) is 0 Å². The van der Waals surface area contributed by atoms with E-state index in [9.17, 15) is 33.7 Å². The molecule has 4 rings (SSSR count). The van der Waals surface area contributed by atoms with Gasteiger partial charge in [-0.2, -0.15) is 13.7 Å². The van der Waals surface area contributed by atoms with E-state index in [-0.39, 0.29) is 11.6 Å². The molecule has 1 aromatic rings. The van der Waals surface area contributed by atoms with Crippen LogP contribution in [0.25, 0.3) is 0 Å². The third-order valence-electron chi connectivity index (χ3n) is 4.33. The van der Waals surface area contributed by atoms with Gasteiger partial charge in [0.05, 0.1) is 18.9 Å². The Labute approximate surface area is 183 Å². The van der Waals surface area contributed by atoms with Crippen LogP contribution in [0.3, 0.4) is 0 Å². The number of nitrogens with zero attached hydrogens (tertiary/aromatic N) is 4. The van der Waals surface area contributed by atoms with E-state index in [1.165, 1.54) is 9.96 Å². The number of nitrogens with two attached hydrogens (primary N) is 1. The zero-order valence-corrected chi connectivity index (χ0v) is 19.1. The molecule has 0 bridgehead atoms. The predicted octanol–water partition coefficient (Wildman–Crippen LogP) is -2.28. The van der Waals surface area contributed by atoms with Crippen molar-refractivity contribution < 1.29 is 61.3 Å². The first-order chi connectivity index (χ1) is 14.7. The largest absolute Gasteiger partial charge is 0.542 e. The molecular weight excluding hydrogens is 523 g/mol. The zero-order valence-electron chi connectivity index (χ0n) is 15.4. The number of hydrogen-bond acceptors (Lipinski definition) is 15. The Balaban J connectivity index is 1.42. The smallest absolute Gasteiger partial charge is 0.387 e. The van der Waals surface area contributed by atoms with Gasteiger partial charge in [0.25, 0.3) is 6.35 Å². The van der Waals surface area contributed by atoms with Crippen LogP contribution in [0.1, 0.15) is 0 Å². The summed E-state index contributed by atoms with van der Waals surface area (Å²) in [6.45, 7) is -5.65. The van der Waals surface area contributed by atoms with E-state index < -0.39 is 59.9 Å². The molecule has 0 aromatic carbocycles. The molecule has 180 valence electrons. The van der Waals surface area contributed by atoms with Gasteiger partial charge in [-0.05, 0) is 0 Å². The maximum absolute atomic E-state index is 11.9. The van der Waals surface area contributed by atoms with Crippen LogP contribution in [0.2, 0.25) is 0 Å². The van der Waals surface area contributed by atoms with Crippen molar-refractivity contribution in [3.8, 4) is 0 Å². The lowest BCUT2D eigenvalue weighted by atomic mass is 10.1. The number of anilines is 3. The first kappa shape index (κ1) is 24.3. The quantitative estimate of drug-likeness (QED) is 0.115. The van der Waals surface area contributed by atoms with Crippen LogP contribution in [0.15, 0.2) is 6.33 Å². The Kier molecular flexibility index (Phi) is 6.15. The summed E-state index contributed by atoms with van der Waals surface area (Å²) in [5.74, 6) is 0.335. The third-order valence-corrected chi connectivity index (χ3v) is 8.90. The molecule has 18 nitrogen and oxygen atoms in total. The van der Waals surface area contributed by atoms with Crippen LogP contribution >= 0.6 is 22.4 Å². The highest BCUT2D eigenvalue weighted by Crippen LogP contribution is 2.66. The first-order valence-corrected chi connectivity index (χ1v) is 14.3. The lowest BCUT2D eigenvalue weighted by Gasteiger charge is -2.26. The van der Waals surface area contributed by atoms with Gasteiger partial charge >= 0.3 is 22.4 Å². The van der Waals surface area contributed by atoms with Crippen molar-refractivity contribution in [2.75, 3.05) is 22.3 Å². The molecule has 0 amide bonds. The van der Waals surface area contributed by atoms with Gasteiger partial charge in [0.1, 0.15) is 24.6 Å². The number of aromatic nitrogens is 2. The van der Waals surface area contributed by atoms with Gasteiger partial charge in [-0.1, -0.05) is 0 Å². The summed E-state index contributed by atoms with van der Waals surface area (Å²) in [6, 6.07) is 0. The zero-order chi connectivity index (χ0) is 23.6. The van der Waals surface area contributed by atoms with Crippen molar-refractivity contribution in [3.63, 3.8) is 0 Å². The Morgan fingerprint density at radius 2 is 1.81 bits per heavy atom. The summed E-state index contributed by atoms with van der Waals surface area (Å²) >= 11 is 2.10. The van der Waals surface area contributed by atoms with E-state index in [2.05, 4.69) is 35.4 Å². The number of hydroxylamine groups is 1. The van der Waals surface area contributed by atoms with Gasteiger partial charge in [-0.3, -0.25) is 14.3 Å². The number of hydrogen-bond donors (Lipinski definition) is 6. The first-order valence-electron chi connectivity index (χ1n) is 8.36. The summed E-state index contributed by atoms with van der Waals surface area (Å²) in [5.41, 5.74) is 6.11. The molecule has 2 fully saturated rings. The Hall–Kier alpha value is -0.880. The normalized spacial score (nSPS) is 34.4. The average molecular weight is 540 g/mol. The Bertz CT molecular complexity index is 1060. The fourth-order valence-corrected chi connectivity index (χ4v) is 7.11. The molecule has 0 aliphatic carbocycles. The SMILES string of the molecule is Nc1ncnc2c1N1O[C@H]1N2[C@@H]1O[C@H](COP(=O)(O)OP(=O)(O)OP(=O)(O)[SH2+])[C@@H](O)[C@H]1O. The van der Waals surface area contributed by atoms with E-state index in [0.717, 1.165) is 6.33 Å². The highest BCUT2D eigenvalue weighted by molar-refractivity contribution is 8.32. The number of nitrogen functional groups attached to an aromatic ring is 1. The molecule has 22 heteroatoms. The fraction of sp³-hybridized carbons (Fsp3) is 0.600. The Morgan fingerprint density at radius 3 is 2.47 bits per heavy atom.